The van der Waals surface area contributed by atoms with Crippen molar-refractivity contribution in [2.45, 2.75) is 13.5 Å². The highest BCUT2D eigenvalue weighted by atomic mass is 19.1. The predicted molar refractivity (Wildman–Crippen MR) is 116 cm³/mol. The second kappa shape index (κ2) is 10.8. The maximum Gasteiger partial charge on any atom is 0.271 e. The Kier molecular flexibility index (Phi) is 7.59. The third-order valence-electron chi connectivity index (χ3n) is 4.30. The summed E-state index contributed by atoms with van der Waals surface area (Å²) in [5.41, 5.74) is 4.56. The van der Waals surface area contributed by atoms with Crippen molar-refractivity contribution in [3.63, 3.8) is 0 Å². The molecule has 3 aromatic carbocycles. The lowest BCUT2D eigenvalue weighted by Crippen LogP contribution is -2.17. The van der Waals surface area contributed by atoms with Gasteiger partial charge in [-0.15, -0.1) is 0 Å². The van der Waals surface area contributed by atoms with Crippen LogP contribution in [0, 0.1) is 5.82 Å². The summed E-state index contributed by atoms with van der Waals surface area (Å²) in [6.07, 6.45) is 1.54. The first-order valence-electron chi connectivity index (χ1n) is 9.70. The fourth-order valence-corrected chi connectivity index (χ4v) is 2.71. The van der Waals surface area contributed by atoms with Crippen molar-refractivity contribution >= 4 is 12.1 Å². The highest BCUT2D eigenvalue weighted by Crippen LogP contribution is 2.28. The van der Waals surface area contributed by atoms with E-state index in [4.69, 9.17) is 14.2 Å². The number of hydrazone groups is 1. The third-order valence-corrected chi connectivity index (χ3v) is 4.30. The first-order valence-corrected chi connectivity index (χ1v) is 9.70. The zero-order valence-electron chi connectivity index (χ0n) is 17.3. The number of amides is 1. The number of halogens is 1. The molecule has 0 saturated carbocycles. The summed E-state index contributed by atoms with van der Waals surface area (Å²) >= 11 is 0. The first kappa shape index (κ1) is 21.8. The van der Waals surface area contributed by atoms with E-state index >= 15 is 0 Å². The maximum atomic E-state index is 12.9. The fourth-order valence-electron chi connectivity index (χ4n) is 2.71. The van der Waals surface area contributed by atoms with Gasteiger partial charge in [0.15, 0.2) is 11.5 Å². The third kappa shape index (κ3) is 6.30. The number of hydrogen-bond acceptors (Lipinski definition) is 5. The molecule has 0 fully saturated rings. The summed E-state index contributed by atoms with van der Waals surface area (Å²) in [5, 5.41) is 3.99. The topological polar surface area (TPSA) is 69.2 Å². The minimum absolute atomic E-state index is 0.277. The molecule has 1 amide bonds. The van der Waals surface area contributed by atoms with E-state index in [1.54, 1.807) is 42.5 Å². The van der Waals surface area contributed by atoms with E-state index in [0.717, 1.165) is 11.1 Å². The molecule has 0 heterocycles. The van der Waals surface area contributed by atoms with E-state index < -0.39 is 0 Å². The molecular weight excluding hydrogens is 399 g/mol. The average Bonchev–Trinajstić information content (AvgIpc) is 2.80. The van der Waals surface area contributed by atoms with Crippen LogP contribution in [0.15, 0.2) is 71.8 Å². The number of benzene rings is 3. The minimum Gasteiger partial charge on any atom is -0.493 e. The normalized spacial score (nSPS) is 10.7. The Morgan fingerprint density at radius 2 is 1.74 bits per heavy atom. The molecule has 0 aromatic heterocycles. The van der Waals surface area contributed by atoms with Crippen LogP contribution < -0.4 is 19.6 Å². The molecule has 7 heteroatoms. The van der Waals surface area contributed by atoms with Gasteiger partial charge in [-0.25, -0.2) is 9.82 Å². The molecule has 3 rings (SSSR count). The van der Waals surface area contributed by atoms with Gasteiger partial charge in [-0.2, -0.15) is 5.10 Å². The molecule has 0 bridgehead atoms. The van der Waals surface area contributed by atoms with Crippen LogP contribution in [0.5, 0.6) is 17.2 Å². The van der Waals surface area contributed by atoms with Crippen LogP contribution in [0.4, 0.5) is 4.39 Å². The summed E-state index contributed by atoms with van der Waals surface area (Å²) in [7, 11) is 1.52. The van der Waals surface area contributed by atoms with Gasteiger partial charge in [-0.05, 0) is 72.6 Å². The van der Waals surface area contributed by atoms with Crippen LogP contribution in [0.2, 0.25) is 0 Å². The second-order valence-corrected chi connectivity index (χ2v) is 6.48. The fraction of sp³-hybridized carbons (Fsp3) is 0.167. The molecule has 31 heavy (non-hydrogen) atoms. The molecule has 6 nitrogen and oxygen atoms in total. The lowest BCUT2D eigenvalue weighted by atomic mass is 10.2. The molecule has 0 spiro atoms. The predicted octanol–water partition coefficient (Wildman–Crippen LogP) is 4.58. The van der Waals surface area contributed by atoms with Crippen molar-refractivity contribution in [1.82, 2.24) is 5.43 Å². The molecule has 1 N–H and O–H groups in total. The summed E-state index contributed by atoms with van der Waals surface area (Å²) in [5.74, 6) is 1.09. The molecule has 0 unspecified atom stereocenters. The van der Waals surface area contributed by atoms with Crippen LogP contribution in [0.1, 0.15) is 28.4 Å². The van der Waals surface area contributed by atoms with Crippen molar-refractivity contribution < 1.29 is 23.4 Å². The largest absolute Gasteiger partial charge is 0.493 e. The SMILES string of the molecule is CCOc1ccc(C(=O)N/N=C/c2ccc(OCc3ccc(F)cc3)cc2)cc1OC. The van der Waals surface area contributed by atoms with Crippen molar-refractivity contribution in [1.29, 1.82) is 0 Å². The Morgan fingerprint density at radius 3 is 2.42 bits per heavy atom. The number of methoxy groups -OCH3 is 1. The van der Waals surface area contributed by atoms with Crippen molar-refractivity contribution in [3.8, 4) is 17.2 Å². The van der Waals surface area contributed by atoms with Crippen molar-refractivity contribution in [3.05, 3.63) is 89.2 Å². The van der Waals surface area contributed by atoms with Gasteiger partial charge < -0.3 is 14.2 Å². The molecule has 0 aliphatic rings. The number of ether oxygens (including phenoxy) is 3. The number of rotatable bonds is 9. The number of carbonyl (C=O) groups is 1. The van der Waals surface area contributed by atoms with E-state index in [0.29, 0.717) is 36.0 Å². The van der Waals surface area contributed by atoms with Gasteiger partial charge in [0.2, 0.25) is 0 Å². The van der Waals surface area contributed by atoms with Crippen LogP contribution in [-0.2, 0) is 6.61 Å². The van der Waals surface area contributed by atoms with Gasteiger partial charge in [0.25, 0.3) is 5.91 Å². The summed E-state index contributed by atoms with van der Waals surface area (Å²) < 4.78 is 29.3. The zero-order valence-corrected chi connectivity index (χ0v) is 17.3. The Labute approximate surface area is 180 Å². The van der Waals surface area contributed by atoms with Crippen LogP contribution in [0.3, 0.4) is 0 Å². The summed E-state index contributed by atoms with van der Waals surface area (Å²) in [6.45, 7) is 2.72. The van der Waals surface area contributed by atoms with Crippen molar-refractivity contribution in [2.24, 2.45) is 5.10 Å². The molecule has 3 aromatic rings. The lowest BCUT2D eigenvalue weighted by Gasteiger charge is -2.10. The van der Waals surface area contributed by atoms with Crippen LogP contribution >= 0.6 is 0 Å². The average molecular weight is 422 g/mol. The van der Waals surface area contributed by atoms with Crippen molar-refractivity contribution in [2.75, 3.05) is 13.7 Å². The maximum absolute atomic E-state index is 12.9. The lowest BCUT2D eigenvalue weighted by molar-refractivity contribution is 0.0954. The van der Waals surface area contributed by atoms with Gasteiger partial charge in [0, 0.05) is 5.56 Å². The quantitative estimate of drug-likeness (QED) is 0.405. The molecule has 160 valence electrons. The molecule has 0 aliphatic heterocycles. The smallest absolute Gasteiger partial charge is 0.271 e. The van der Waals surface area contributed by atoms with E-state index in [2.05, 4.69) is 10.5 Å². The van der Waals surface area contributed by atoms with E-state index in [1.807, 2.05) is 19.1 Å². The van der Waals surface area contributed by atoms with Gasteiger partial charge in [0.05, 0.1) is 19.9 Å². The minimum atomic E-state index is -0.364. The highest BCUT2D eigenvalue weighted by molar-refractivity contribution is 5.95. The Bertz CT molecular complexity index is 1030. The summed E-state index contributed by atoms with van der Waals surface area (Å²) in [6, 6.07) is 18.3. The van der Waals surface area contributed by atoms with Gasteiger partial charge in [-0.1, -0.05) is 12.1 Å². The standard InChI is InChI=1S/C24H23FN2O4/c1-3-30-22-13-8-19(14-23(22)29-2)24(28)27-26-15-17-6-11-21(12-7-17)31-16-18-4-9-20(25)10-5-18/h4-15H,3,16H2,1-2H3,(H,27,28)/b26-15+. The molecule has 0 atom stereocenters. The highest BCUT2D eigenvalue weighted by Gasteiger charge is 2.10. The second-order valence-electron chi connectivity index (χ2n) is 6.48. The van der Waals surface area contributed by atoms with Crippen LogP contribution in [0.25, 0.3) is 0 Å². The number of hydrogen-bond donors (Lipinski definition) is 1. The molecule has 0 aliphatic carbocycles. The van der Waals surface area contributed by atoms with Gasteiger partial charge >= 0.3 is 0 Å². The zero-order chi connectivity index (χ0) is 22.1. The van der Waals surface area contributed by atoms with Crippen LogP contribution in [-0.4, -0.2) is 25.8 Å². The van der Waals surface area contributed by atoms with E-state index in [1.165, 1.54) is 25.5 Å². The first-order chi connectivity index (χ1) is 15.1. The number of nitrogens with one attached hydrogen (secondary N) is 1. The van der Waals surface area contributed by atoms with E-state index in [-0.39, 0.29) is 11.7 Å². The Morgan fingerprint density at radius 1 is 1.00 bits per heavy atom. The number of nitrogens with zero attached hydrogens (tertiary/aromatic N) is 1. The summed E-state index contributed by atoms with van der Waals surface area (Å²) in [4.78, 5) is 12.3. The monoisotopic (exact) mass is 422 g/mol. The molecule has 0 radical (unpaired) electrons. The molecular formula is C24H23FN2O4. The Hall–Kier alpha value is -3.87. The van der Waals surface area contributed by atoms with Gasteiger partial charge in [0.1, 0.15) is 18.2 Å². The van der Waals surface area contributed by atoms with Gasteiger partial charge in [-0.3, -0.25) is 4.79 Å². The molecule has 0 saturated heterocycles. The Balaban J connectivity index is 1.53. The van der Waals surface area contributed by atoms with E-state index in [9.17, 15) is 9.18 Å². The number of carbonyl (C=O) groups excluding carboxylic acids is 1.